The van der Waals surface area contributed by atoms with Crippen LogP contribution in [0.4, 0.5) is 0 Å². The first-order valence-corrected chi connectivity index (χ1v) is 5.21. The molecular formula is C8H8ClN3OS. The summed E-state index contributed by atoms with van der Waals surface area (Å²) in [6, 6.07) is 3.80. The maximum absolute atomic E-state index is 8.94. The van der Waals surface area contributed by atoms with Crippen LogP contribution < -0.4 is 0 Å². The van der Waals surface area contributed by atoms with Crippen molar-refractivity contribution in [3.8, 4) is 0 Å². The topological polar surface area (TPSA) is 50.9 Å². The van der Waals surface area contributed by atoms with Gasteiger partial charge in [-0.3, -0.25) is 0 Å². The average molecular weight is 230 g/mol. The first-order chi connectivity index (χ1) is 6.79. The Bertz CT molecular complexity index is 426. The normalized spacial score (nSPS) is 10.7. The van der Waals surface area contributed by atoms with Crippen molar-refractivity contribution >= 4 is 22.9 Å². The molecule has 0 bridgehead atoms. The summed E-state index contributed by atoms with van der Waals surface area (Å²) in [5.41, 5.74) is 0. The second kappa shape index (κ2) is 4.08. The number of aromatic nitrogens is 3. The first-order valence-electron chi connectivity index (χ1n) is 4.01. The Hall–Kier alpha value is -0.910. The summed E-state index contributed by atoms with van der Waals surface area (Å²) >= 11 is 7.32. The lowest BCUT2D eigenvalue weighted by Gasteiger charge is -2.01. The van der Waals surface area contributed by atoms with E-state index in [1.165, 1.54) is 11.3 Å². The predicted octanol–water partition coefficient (Wildman–Crippen LogP) is 1.53. The van der Waals surface area contributed by atoms with Gasteiger partial charge in [-0.1, -0.05) is 11.6 Å². The van der Waals surface area contributed by atoms with Crippen molar-refractivity contribution in [3.05, 3.63) is 33.5 Å². The van der Waals surface area contributed by atoms with Gasteiger partial charge in [0.05, 0.1) is 10.9 Å². The Morgan fingerprint density at radius 3 is 3.00 bits per heavy atom. The molecule has 0 atom stereocenters. The minimum atomic E-state index is -0.0981. The van der Waals surface area contributed by atoms with E-state index in [2.05, 4.69) is 10.2 Å². The monoisotopic (exact) mass is 229 g/mol. The number of aliphatic hydroxyl groups is 1. The smallest absolute Gasteiger partial charge is 0.158 e. The molecule has 0 aromatic carbocycles. The Morgan fingerprint density at radius 2 is 2.36 bits per heavy atom. The quantitative estimate of drug-likeness (QED) is 0.869. The van der Waals surface area contributed by atoms with Crippen LogP contribution >= 0.6 is 22.9 Å². The molecule has 2 heterocycles. The molecule has 0 radical (unpaired) electrons. The molecule has 1 N–H and O–H groups in total. The van der Waals surface area contributed by atoms with Crippen LogP contribution in [-0.4, -0.2) is 19.9 Å². The molecule has 0 fully saturated rings. The zero-order chi connectivity index (χ0) is 9.97. The number of rotatable bonds is 3. The molecule has 0 saturated heterocycles. The Kier molecular flexibility index (Phi) is 2.81. The molecule has 0 aliphatic rings. The second-order valence-electron chi connectivity index (χ2n) is 2.74. The van der Waals surface area contributed by atoms with E-state index >= 15 is 0 Å². The maximum Gasteiger partial charge on any atom is 0.158 e. The van der Waals surface area contributed by atoms with Crippen LogP contribution in [0.2, 0.25) is 4.34 Å². The van der Waals surface area contributed by atoms with Crippen LogP contribution in [0.3, 0.4) is 0 Å². The minimum Gasteiger partial charge on any atom is -0.388 e. The van der Waals surface area contributed by atoms with Crippen molar-refractivity contribution in [1.82, 2.24) is 14.8 Å². The third kappa shape index (κ3) is 1.95. The minimum absolute atomic E-state index is 0.0981. The summed E-state index contributed by atoms with van der Waals surface area (Å²) in [6.07, 6.45) is 1.60. The number of thiophene rings is 1. The highest BCUT2D eigenvalue weighted by atomic mass is 35.5. The molecule has 0 spiro atoms. The van der Waals surface area contributed by atoms with Crippen LogP contribution in [0.5, 0.6) is 0 Å². The molecule has 2 rings (SSSR count). The van der Waals surface area contributed by atoms with Gasteiger partial charge in [0.2, 0.25) is 0 Å². The van der Waals surface area contributed by atoms with Gasteiger partial charge in [-0.25, -0.2) is 0 Å². The molecule has 0 amide bonds. The number of nitrogens with zero attached hydrogens (tertiary/aromatic N) is 3. The molecule has 0 unspecified atom stereocenters. The Labute approximate surface area is 89.8 Å². The largest absolute Gasteiger partial charge is 0.388 e. The third-order valence-corrected chi connectivity index (χ3v) is 3.01. The standard InChI is InChI=1S/C8H8ClN3OS/c9-7-2-1-6(14-7)3-12-5-10-11-8(12)4-13/h1-2,5,13H,3-4H2. The number of halogens is 1. The van der Waals surface area contributed by atoms with E-state index in [0.717, 1.165) is 9.21 Å². The molecule has 0 saturated carbocycles. The highest BCUT2D eigenvalue weighted by Crippen LogP contribution is 2.22. The van der Waals surface area contributed by atoms with Crippen molar-refractivity contribution in [2.24, 2.45) is 0 Å². The zero-order valence-electron chi connectivity index (χ0n) is 7.22. The maximum atomic E-state index is 8.94. The summed E-state index contributed by atoms with van der Waals surface area (Å²) in [5.74, 6) is 0.564. The van der Waals surface area contributed by atoms with Crippen molar-refractivity contribution in [2.45, 2.75) is 13.2 Å². The molecule has 0 aliphatic heterocycles. The predicted molar refractivity (Wildman–Crippen MR) is 54.4 cm³/mol. The van der Waals surface area contributed by atoms with Crippen LogP contribution in [-0.2, 0) is 13.2 Å². The summed E-state index contributed by atoms with van der Waals surface area (Å²) < 4.78 is 2.56. The van der Waals surface area contributed by atoms with Gasteiger partial charge in [-0.05, 0) is 12.1 Å². The summed E-state index contributed by atoms with van der Waals surface area (Å²) in [6.45, 7) is 0.555. The van der Waals surface area contributed by atoms with Gasteiger partial charge in [0.1, 0.15) is 12.9 Å². The fourth-order valence-corrected chi connectivity index (χ4v) is 2.22. The fourth-order valence-electron chi connectivity index (χ4n) is 1.14. The third-order valence-electron chi connectivity index (χ3n) is 1.79. The van der Waals surface area contributed by atoms with Crippen LogP contribution in [0.25, 0.3) is 0 Å². The lowest BCUT2D eigenvalue weighted by molar-refractivity contribution is 0.265. The summed E-state index contributed by atoms with van der Waals surface area (Å²) in [4.78, 5) is 1.12. The summed E-state index contributed by atoms with van der Waals surface area (Å²) in [7, 11) is 0. The second-order valence-corrected chi connectivity index (χ2v) is 4.54. The van der Waals surface area contributed by atoms with Gasteiger partial charge >= 0.3 is 0 Å². The number of hydrogen-bond donors (Lipinski definition) is 1. The molecule has 0 aliphatic carbocycles. The van der Waals surface area contributed by atoms with Crippen LogP contribution in [0.1, 0.15) is 10.7 Å². The van der Waals surface area contributed by atoms with Gasteiger partial charge < -0.3 is 9.67 Å². The molecular weight excluding hydrogens is 222 g/mol. The molecule has 4 nitrogen and oxygen atoms in total. The van der Waals surface area contributed by atoms with E-state index < -0.39 is 0 Å². The van der Waals surface area contributed by atoms with Crippen molar-refractivity contribution < 1.29 is 5.11 Å². The zero-order valence-corrected chi connectivity index (χ0v) is 8.79. The highest BCUT2D eigenvalue weighted by molar-refractivity contribution is 7.16. The van der Waals surface area contributed by atoms with Gasteiger partial charge in [0.15, 0.2) is 5.82 Å². The van der Waals surface area contributed by atoms with Crippen molar-refractivity contribution in [1.29, 1.82) is 0 Å². The van der Waals surface area contributed by atoms with Crippen LogP contribution in [0.15, 0.2) is 18.5 Å². The first kappa shape index (κ1) is 9.64. The molecule has 2 aromatic rings. The molecule has 74 valence electrons. The molecule has 2 aromatic heterocycles. The number of hydrogen-bond acceptors (Lipinski definition) is 4. The highest BCUT2D eigenvalue weighted by Gasteiger charge is 2.04. The van der Waals surface area contributed by atoms with E-state index in [-0.39, 0.29) is 6.61 Å². The van der Waals surface area contributed by atoms with Crippen LogP contribution in [0, 0.1) is 0 Å². The number of aliphatic hydroxyl groups excluding tert-OH is 1. The molecule has 14 heavy (non-hydrogen) atoms. The van der Waals surface area contributed by atoms with Gasteiger partial charge in [0.25, 0.3) is 0 Å². The van der Waals surface area contributed by atoms with E-state index in [0.29, 0.717) is 12.4 Å². The van der Waals surface area contributed by atoms with E-state index in [1.807, 2.05) is 12.1 Å². The van der Waals surface area contributed by atoms with Crippen molar-refractivity contribution in [2.75, 3.05) is 0 Å². The van der Waals surface area contributed by atoms with E-state index in [4.69, 9.17) is 16.7 Å². The van der Waals surface area contributed by atoms with Crippen molar-refractivity contribution in [3.63, 3.8) is 0 Å². The van der Waals surface area contributed by atoms with Gasteiger partial charge in [-0.2, -0.15) is 0 Å². The van der Waals surface area contributed by atoms with Gasteiger partial charge in [0, 0.05) is 4.88 Å². The van der Waals surface area contributed by atoms with E-state index in [1.54, 1.807) is 10.9 Å². The lowest BCUT2D eigenvalue weighted by atomic mass is 10.4. The van der Waals surface area contributed by atoms with E-state index in [9.17, 15) is 0 Å². The summed E-state index contributed by atoms with van der Waals surface area (Å²) in [5, 5.41) is 16.4. The SMILES string of the molecule is OCc1nncn1Cc1ccc(Cl)s1. The fraction of sp³-hybridized carbons (Fsp3) is 0.250. The van der Waals surface area contributed by atoms with Gasteiger partial charge in [-0.15, -0.1) is 21.5 Å². The lowest BCUT2D eigenvalue weighted by Crippen LogP contribution is -2.02. The Balaban J connectivity index is 2.18. The molecule has 6 heteroatoms. The average Bonchev–Trinajstić information content (AvgIpc) is 2.76. The Morgan fingerprint density at radius 1 is 1.50 bits per heavy atom.